The first-order chi connectivity index (χ1) is 15.9. The van der Waals surface area contributed by atoms with Gasteiger partial charge >= 0.3 is 6.09 Å². The van der Waals surface area contributed by atoms with E-state index >= 15 is 4.39 Å². The molecule has 1 atom stereocenters. The molecule has 0 bridgehead atoms. The molecule has 10 heteroatoms. The Kier molecular flexibility index (Phi) is 6.83. The van der Waals surface area contributed by atoms with Crippen molar-refractivity contribution in [2.24, 2.45) is 0 Å². The molecule has 1 saturated heterocycles. The van der Waals surface area contributed by atoms with Gasteiger partial charge in [-0.2, -0.15) is 5.10 Å². The molecule has 9 nitrogen and oxygen atoms in total. The Morgan fingerprint density at radius 1 is 1.30 bits per heavy atom. The maximum absolute atomic E-state index is 15.1. The lowest BCUT2D eigenvalue weighted by atomic mass is 10.2. The number of amides is 2. The zero-order chi connectivity index (χ0) is 23.5. The third kappa shape index (κ3) is 4.95. The lowest BCUT2D eigenvalue weighted by molar-refractivity contribution is -0.119. The van der Waals surface area contributed by atoms with E-state index < -0.39 is 18.0 Å². The minimum atomic E-state index is -0.542. The van der Waals surface area contributed by atoms with Crippen LogP contribution in [0.2, 0.25) is 0 Å². The number of fused-ring (bicyclic) bond motifs is 1. The first-order valence-electron chi connectivity index (χ1n) is 11.4. The molecule has 3 heterocycles. The molecule has 0 saturated carbocycles. The summed E-state index contributed by atoms with van der Waals surface area (Å²) in [5.41, 5.74) is 3.16. The molecule has 1 N–H and O–H groups in total. The SMILES string of the molecule is CCN(CC)CCn1ncc2c1CN(c1ccc(N3C[C@H](CNC(C)=O)OC3=O)cc1F)C2. The molecule has 1 aromatic carbocycles. The molecular weight excluding hydrogens is 427 g/mol. The van der Waals surface area contributed by atoms with E-state index in [1.54, 1.807) is 12.1 Å². The average molecular weight is 459 g/mol. The van der Waals surface area contributed by atoms with E-state index in [9.17, 15) is 9.59 Å². The molecule has 33 heavy (non-hydrogen) atoms. The molecule has 2 aliphatic rings. The predicted octanol–water partition coefficient (Wildman–Crippen LogP) is 2.35. The van der Waals surface area contributed by atoms with Gasteiger partial charge in [0.2, 0.25) is 5.91 Å². The average Bonchev–Trinajstić information content (AvgIpc) is 3.47. The Bertz CT molecular complexity index is 1020. The molecular formula is C23H31FN6O3. The van der Waals surface area contributed by atoms with E-state index in [0.29, 0.717) is 24.5 Å². The van der Waals surface area contributed by atoms with Crippen LogP contribution in [0.1, 0.15) is 32.0 Å². The molecule has 4 rings (SSSR count). The number of likely N-dealkylation sites (N-methyl/N-ethyl adjacent to an activating group) is 1. The minimum absolute atomic E-state index is 0.192. The van der Waals surface area contributed by atoms with E-state index in [1.165, 1.54) is 17.9 Å². The van der Waals surface area contributed by atoms with E-state index in [1.807, 2.05) is 15.8 Å². The molecule has 1 aromatic heterocycles. The van der Waals surface area contributed by atoms with Crippen molar-refractivity contribution in [3.8, 4) is 0 Å². The largest absolute Gasteiger partial charge is 0.442 e. The minimum Gasteiger partial charge on any atom is -0.442 e. The van der Waals surface area contributed by atoms with Crippen LogP contribution in [0.15, 0.2) is 24.4 Å². The van der Waals surface area contributed by atoms with Crippen LogP contribution in [0, 0.1) is 5.82 Å². The second kappa shape index (κ2) is 9.78. The molecule has 2 aromatic rings. The Balaban J connectivity index is 1.41. The Hall–Kier alpha value is -3.14. The quantitative estimate of drug-likeness (QED) is 0.621. The molecule has 0 aliphatic carbocycles. The summed E-state index contributed by atoms with van der Waals surface area (Å²) in [6.07, 6.45) is 0.870. The molecule has 2 amide bonds. The van der Waals surface area contributed by atoms with Crippen molar-refractivity contribution in [1.82, 2.24) is 20.0 Å². The maximum atomic E-state index is 15.1. The number of aromatic nitrogens is 2. The summed E-state index contributed by atoms with van der Waals surface area (Å²) in [5, 5.41) is 7.16. The first-order valence-corrected chi connectivity index (χ1v) is 11.4. The number of hydrogen-bond donors (Lipinski definition) is 1. The number of ether oxygens (including phenoxy) is 1. The highest BCUT2D eigenvalue weighted by molar-refractivity contribution is 5.90. The number of benzene rings is 1. The van der Waals surface area contributed by atoms with Gasteiger partial charge in [-0.3, -0.25) is 14.4 Å². The monoisotopic (exact) mass is 458 g/mol. The fraction of sp³-hybridized carbons (Fsp3) is 0.522. The van der Waals surface area contributed by atoms with Crippen LogP contribution in [0.5, 0.6) is 0 Å². The summed E-state index contributed by atoms with van der Waals surface area (Å²) >= 11 is 0. The zero-order valence-corrected chi connectivity index (χ0v) is 19.4. The van der Waals surface area contributed by atoms with Crippen molar-refractivity contribution in [2.75, 3.05) is 42.5 Å². The van der Waals surface area contributed by atoms with E-state index in [2.05, 4.69) is 29.2 Å². The summed E-state index contributed by atoms with van der Waals surface area (Å²) in [6, 6.07) is 4.81. The zero-order valence-electron chi connectivity index (χ0n) is 19.4. The van der Waals surface area contributed by atoms with Crippen molar-refractivity contribution < 1.29 is 18.7 Å². The number of nitrogens with one attached hydrogen (secondary N) is 1. The third-order valence-electron chi connectivity index (χ3n) is 6.30. The van der Waals surface area contributed by atoms with Gasteiger partial charge in [0.1, 0.15) is 11.9 Å². The fourth-order valence-corrected chi connectivity index (χ4v) is 4.36. The van der Waals surface area contributed by atoms with Gasteiger partial charge in [-0.25, -0.2) is 9.18 Å². The number of carbonyl (C=O) groups is 2. The topological polar surface area (TPSA) is 82.9 Å². The second-order valence-corrected chi connectivity index (χ2v) is 8.41. The summed E-state index contributed by atoms with van der Waals surface area (Å²) in [5.74, 6) is -0.582. The highest BCUT2D eigenvalue weighted by Crippen LogP contribution is 2.33. The van der Waals surface area contributed by atoms with Gasteiger partial charge in [-0.05, 0) is 31.3 Å². The van der Waals surface area contributed by atoms with Crippen molar-refractivity contribution in [3.63, 3.8) is 0 Å². The number of nitrogens with zero attached hydrogens (tertiary/aromatic N) is 5. The number of rotatable bonds is 9. The van der Waals surface area contributed by atoms with Crippen LogP contribution in [-0.4, -0.2) is 65.5 Å². The molecule has 0 spiro atoms. The van der Waals surface area contributed by atoms with E-state index in [0.717, 1.165) is 37.4 Å². The number of halogens is 1. The summed E-state index contributed by atoms with van der Waals surface area (Å²) in [7, 11) is 0. The lowest BCUT2D eigenvalue weighted by Crippen LogP contribution is -2.33. The van der Waals surface area contributed by atoms with Gasteiger partial charge in [0.05, 0.1) is 49.4 Å². The first kappa shape index (κ1) is 23.0. The van der Waals surface area contributed by atoms with Gasteiger partial charge in [-0.1, -0.05) is 13.8 Å². The molecule has 178 valence electrons. The van der Waals surface area contributed by atoms with Gasteiger partial charge in [0.25, 0.3) is 0 Å². The van der Waals surface area contributed by atoms with Gasteiger partial charge in [0.15, 0.2) is 0 Å². The van der Waals surface area contributed by atoms with Crippen LogP contribution >= 0.6 is 0 Å². The highest BCUT2D eigenvalue weighted by atomic mass is 19.1. The second-order valence-electron chi connectivity index (χ2n) is 8.41. The molecule has 0 unspecified atom stereocenters. The number of anilines is 2. The Morgan fingerprint density at radius 3 is 2.79 bits per heavy atom. The highest BCUT2D eigenvalue weighted by Gasteiger charge is 2.33. The standard InChI is InChI=1S/C23H31FN6O3/c1-4-27(5-2)8-9-30-22-15-28(13-17(22)11-26-30)21-7-6-18(10-20(21)24)29-14-19(33-23(29)32)12-25-16(3)31/h6-7,10-11,19H,4-5,8-9,12-15H2,1-3H3,(H,25,31)/t19-/m0/s1. The maximum Gasteiger partial charge on any atom is 0.414 e. The molecule has 0 radical (unpaired) electrons. The number of hydrogen-bond acceptors (Lipinski definition) is 6. The Labute approximate surface area is 193 Å². The van der Waals surface area contributed by atoms with Crippen LogP contribution in [0.25, 0.3) is 0 Å². The number of carbonyl (C=O) groups excluding carboxylic acids is 2. The third-order valence-corrected chi connectivity index (χ3v) is 6.30. The lowest BCUT2D eigenvalue weighted by Gasteiger charge is -2.21. The fourth-order valence-electron chi connectivity index (χ4n) is 4.36. The van der Waals surface area contributed by atoms with Crippen molar-refractivity contribution in [1.29, 1.82) is 0 Å². The van der Waals surface area contributed by atoms with Crippen LogP contribution in [0.3, 0.4) is 0 Å². The van der Waals surface area contributed by atoms with Crippen LogP contribution in [0.4, 0.5) is 20.6 Å². The Morgan fingerprint density at radius 2 is 2.09 bits per heavy atom. The smallest absolute Gasteiger partial charge is 0.414 e. The predicted molar refractivity (Wildman–Crippen MR) is 123 cm³/mol. The van der Waals surface area contributed by atoms with Gasteiger partial charge in [0, 0.05) is 25.6 Å². The van der Waals surface area contributed by atoms with Gasteiger partial charge in [-0.15, -0.1) is 0 Å². The van der Waals surface area contributed by atoms with Crippen molar-refractivity contribution in [2.45, 2.75) is 46.5 Å². The van der Waals surface area contributed by atoms with Gasteiger partial charge < -0.3 is 19.9 Å². The van der Waals surface area contributed by atoms with E-state index in [4.69, 9.17) is 4.74 Å². The van der Waals surface area contributed by atoms with E-state index in [-0.39, 0.29) is 19.0 Å². The summed E-state index contributed by atoms with van der Waals surface area (Å²) < 4.78 is 22.4. The van der Waals surface area contributed by atoms with Crippen molar-refractivity contribution in [3.05, 3.63) is 41.5 Å². The number of cyclic esters (lactones) is 1. The van der Waals surface area contributed by atoms with Crippen molar-refractivity contribution >= 4 is 23.4 Å². The van der Waals surface area contributed by atoms with Crippen LogP contribution in [-0.2, 0) is 29.2 Å². The van der Waals surface area contributed by atoms with Crippen LogP contribution < -0.4 is 15.1 Å². The molecule has 2 aliphatic heterocycles. The summed E-state index contributed by atoms with van der Waals surface area (Å²) in [6.45, 7) is 11.1. The summed E-state index contributed by atoms with van der Waals surface area (Å²) in [4.78, 5) is 29.1. The normalized spacial score (nSPS) is 17.6. The molecule has 1 fully saturated rings.